The Morgan fingerprint density at radius 1 is 1.17 bits per heavy atom. The summed E-state index contributed by atoms with van der Waals surface area (Å²) in [6.07, 6.45) is 2.96. The zero-order valence-electron chi connectivity index (χ0n) is 12.6. The largest absolute Gasteiger partial charge is 0.467 e. The lowest BCUT2D eigenvalue weighted by Crippen LogP contribution is -2.14. The van der Waals surface area contributed by atoms with Crippen LogP contribution in [0.3, 0.4) is 0 Å². The summed E-state index contributed by atoms with van der Waals surface area (Å²) in [5, 5.41) is 5.90. The van der Waals surface area contributed by atoms with Gasteiger partial charge in [0.25, 0.3) is 5.91 Å². The Bertz CT molecular complexity index is 783. The fraction of sp³-hybridized carbons (Fsp3) is 0.118. The van der Waals surface area contributed by atoms with Crippen LogP contribution in [0.1, 0.15) is 21.8 Å². The molecule has 3 aromatic rings. The van der Waals surface area contributed by atoms with E-state index >= 15 is 0 Å². The van der Waals surface area contributed by atoms with Crippen LogP contribution < -0.4 is 10.6 Å². The SMILES string of the molecule is Cc1ccc(NC(=O)c2cc(NCc3ccco3)ncn2)cc1. The van der Waals surface area contributed by atoms with E-state index in [1.54, 1.807) is 12.3 Å². The average Bonchev–Trinajstić information content (AvgIpc) is 3.09. The van der Waals surface area contributed by atoms with Gasteiger partial charge >= 0.3 is 0 Å². The summed E-state index contributed by atoms with van der Waals surface area (Å²) in [6.45, 7) is 2.48. The molecule has 0 fully saturated rings. The topological polar surface area (TPSA) is 80.0 Å². The molecule has 2 N–H and O–H groups in total. The molecule has 0 aliphatic carbocycles. The molecule has 0 spiro atoms. The highest BCUT2D eigenvalue weighted by Crippen LogP contribution is 2.12. The van der Waals surface area contributed by atoms with Crippen LogP contribution in [0.4, 0.5) is 11.5 Å². The minimum atomic E-state index is -0.280. The second-order valence-electron chi connectivity index (χ2n) is 5.04. The third-order valence-electron chi connectivity index (χ3n) is 3.23. The van der Waals surface area contributed by atoms with Gasteiger partial charge in [-0.15, -0.1) is 0 Å². The number of carbonyl (C=O) groups is 1. The molecule has 0 saturated carbocycles. The van der Waals surface area contributed by atoms with Crippen molar-refractivity contribution < 1.29 is 9.21 Å². The highest BCUT2D eigenvalue weighted by Gasteiger charge is 2.09. The number of hydrogen-bond donors (Lipinski definition) is 2. The highest BCUT2D eigenvalue weighted by atomic mass is 16.3. The lowest BCUT2D eigenvalue weighted by Gasteiger charge is -2.07. The minimum Gasteiger partial charge on any atom is -0.467 e. The number of rotatable bonds is 5. The standard InChI is InChI=1S/C17H16N4O2/c1-12-4-6-13(7-5-12)21-17(22)15-9-16(20-11-19-15)18-10-14-3-2-8-23-14/h2-9,11H,10H2,1H3,(H,21,22)(H,18,19,20). The molecule has 23 heavy (non-hydrogen) atoms. The van der Waals surface area contributed by atoms with Gasteiger partial charge in [0, 0.05) is 11.8 Å². The van der Waals surface area contributed by atoms with Crippen LogP contribution in [0.2, 0.25) is 0 Å². The van der Waals surface area contributed by atoms with Crippen molar-refractivity contribution in [3.05, 3.63) is 72.1 Å². The van der Waals surface area contributed by atoms with Crippen molar-refractivity contribution in [2.75, 3.05) is 10.6 Å². The summed E-state index contributed by atoms with van der Waals surface area (Å²) in [7, 11) is 0. The van der Waals surface area contributed by atoms with E-state index in [0.717, 1.165) is 17.0 Å². The normalized spacial score (nSPS) is 10.3. The quantitative estimate of drug-likeness (QED) is 0.756. The summed E-state index contributed by atoms with van der Waals surface area (Å²) >= 11 is 0. The van der Waals surface area contributed by atoms with E-state index in [-0.39, 0.29) is 5.91 Å². The first-order valence-corrected chi connectivity index (χ1v) is 7.17. The van der Waals surface area contributed by atoms with Crippen LogP contribution in [0.25, 0.3) is 0 Å². The van der Waals surface area contributed by atoms with E-state index in [1.807, 2.05) is 43.3 Å². The third-order valence-corrected chi connectivity index (χ3v) is 3.23. The van der Waals surface area contributed by atoms with Crippen LogP contribution in [-0.4, -0.2) is 15.9 Å². The van der Waals surface area contributed by atoms with Crippen LogP contribution in [0.5, 0.6) is 0 Å². The molecule has 1 aromatic carbocycles. The fourth-order valence-electron chi connectivity index (χ4n) is 2.00. The molecule has 0 radical (unpaired) electrons. The number of amides is 1. The van der Waals surface area contributed by atoms with Gasteiger partial charge in [0.1, 0.15) is 23.6 Å². The van der Waals surface area contributed by atoms with E-state index in [1.165, 1.54) is 6.33 Å². The van der Waals surface area contributed by atoms with Crippen LogP contribution in [-0.2, 0) is 6.54 Å². The second kappa shape index (κ2) is 6.74. The molecule has 116 valence electrons. The molecule has 0 bridgehead atoms. The summed E-state index contributed by atoms with van der Waals surface area (Å²) in [4.78, 5) is 20.3. The number of benzene rings is 1. The van der Waals surface area contributed by atoms with Gasteiger partial charge in [-0.05, 0) is 31.2 Å². The molecule has 6 nitrogen and oxygen atoms in total. The molecule has 2 heterocycles. The van der Waals surface area contributed by atoms with Crippen molar-refractivity contribution in [3.8, 4) is 0 Å². The lowest BCUT2D eigenvalue weighted by molar-refractivity contribution is 0.102. The maximum Gasteiger partial charge on any atom is 0.274 e. The Labute approximate surface area is 133 Å². The van der Waals surface area contributed by atoms with Crippen molar-refractivity contribution in [1.82, 2.24) is 9.97 Å². The molecule has 1 amide bonds. The van der Waals surface area contributed by atoms with Gasteiger partial charge < -0.3 is 15.1 Å². The maximum atomic E-state index is 12.2. The van der Waals surface area contributed by atoms with Crippen LogP contribution in [0, 0.1) is 6.92 Å². The number of carbonyl (C=O) groups excluding carboxylic acids is 1. The second-order valence-corrected chi connectivity index (χ2v) is 5.04. The first kappa shape index (κ1) is 14.8. The first-order chi connectivity index (χ1) is 11.2. The monoisotopic (exact) mass is 308 g/mol. The average molecular weight is 308 g/mol. The summed E-state index contributed by atoms with van der Waals surface area (Å²) in [5.74, 6) is 1.07. The number of aromatic nitrogens is 2. The van der Waals surface area contributed by atoms with Crippen molar-refractivity contribution >= 4 is 17.4 Å². The molecular weight excluding hydrogens is 292 g/mol. The van der Waals surface area contributed by atoms with Crippen molar-refractivity contribution in [2.24, 2.45) is 0 Å². The molecule has 0 unspecified atom stereocenters. The molecule has 0 atom stereocenters. The van der Waals surface area contributed by atoms with Crippen molar-refractivity contribution in [1.29, 1.82) is 0 Å². The van der Waals surface area contributed by atoms with Gasteiger partial charge in [-0.3, -0.25) is 4.79 Å². The number of nitrogens with one attached hydrogen (secondary N) is 2. The molecule has 0 saturated heterocycles. The van der Waals surface area contributed by atoms with Crippen molar-refractivity contribution in [2.45, 2.75) is 13.5 Å². The summed E-state index contributed by atoms with van der Waals surface area (Å²) in [6, 6.07) is 12.9. The molecule has 2 aromatic heterocycles. The Morgan fingerprint density at radius 2 is 2.00 bits per heavy atom. The summed E-state index contributed by atoms with van der Waals surface area (Å²) in [5.41, 5.74) is 2.15. The number of furan rings is 1. The van der Waals surface area contributed by atoms with Gasteiger partial charge in [0.05, 0.1) is 12.8 Å². The van der Waals surface area contributed by atoms with Crippen LogP contribution in [0.15, 0.2) is 59.5 Å². The maximum absolute atomic E-state index is 12.2. The van der Waals surface area contributed by atoms with Gasteiger partial charge in [-0.25, -0.2) is 9.97 Å². The molecule has 0 aliphatic rings. The van der Waals surface area contributed by atoms with E-state index in [4.69, 9.17) is 4.42 Å². The van der Waals surface area contributed by atoms with Gasteiger partial charge in [-0.2, -0.15) is 0 Å². The van der Waals surface area contributed by atoms with E-state index in [0.29, 0.717) is 18.1 Å². The van der Waals surface area contributed by atoms with Gasteiger partial charge in [0.15, 0.2) is 0 Å². The zero-order valence-corrected chi connectivity index (χ0v) is 12.6. The smallest absolute Gasteiger partial charge is 0.274 e. The Balaban J connectivity index is 1.66. The lowest BCUT2D eigenvalue weighted by atomic mass is 10.2. The fourth-order valence-corrected chi connectivity index (χ4v) is 2.00. The van der Waals surface area contributed by atoms with E-state index < -0.39 is 0 Å². The Kier molecular flexibility index (Phi) is 4.33. The number of nitrogens with zero attached hydrogens (tertiary/aromatic N) is 2. The number of anilines is 2. The van der Waals surface area contributed by atoms with Crippen molar-refractivity contribution in [3.63, 3.8) is 0 Å². The number of aryl methyl sites for hydroxylation is 1. The Morgan fingerprint density at radius 3 is 2.74 bits per heavy atom. The minimum absolute atomic E-state index is 0.280. The van der Waals surface area contributed by atoms with Crippen LogP contribution >= 0.6 is 0 Å². The molecular formula is C17H16N4O2. The van der Waals surface area contributed by atoms with Gasteiger partial charge in [-0.1, -0.05) is 17.7 Å². The van der Waals surface area contributed by atoms with Gasteiger partial charge in [0.2, 0.25) is 0 Å². The van der Waals surface area contributed by atoms with E-state index in [2.05, 4.69) is 20.6 Å². The predicted molar refractivity (Wildman–Crippen MR) is 87.2 cm³/mol. The highest BCUT2D eigenvalue weighted by molar-refractivity contribution is 6.03. The Hall–Kier alpha value is -3.15. The van der Waals surface area contributed by atoms with E-state index in [9.17, 15) is 4.79 Å². The molecule has 6 heteroatoms. The first-order valence-electron chi connectivity index (χ1n) is 7.17. The molecule has 0 aliphatic heterocycles. The predicted octanol–water partition coefficient (Wildman–Crippen LogP) is 3.24. The third kappa shape index (κ3) is 3.94. The summed E-state index contributed by atoms with van der Waals surface area (Å²) < 4.78 is 5.24. The zero-order chi connectivity index (χ0) is 16.1. The number of hydrogen-bond acceptors (Lipinski definition) is 5. The molecule has 3 rings (SSSR count).